The SMILES string of the molecule is COc1ccc(CN(CC2CC2)CC2CC2)cc1C#N. The van der Waals surface area contributed by atoms with Crippen LogP contribution in [0.5, 0.6) is 5.75 Å². The van der Waals surface area contributed by atoms with Gasteiger partial charge in [0.1, 0.15) is 11.8 Å². The first kappa shape index (κ1) is 13.5. The standard InChI is InChI=1S/C17H22N2O/c1-20-17-7-6-15(8-16(17)9-18)12-19(10-13-2-3-13)11-14-4-5-14/h6-8,13-14H,2-5,10-12H2,1H3. The van der Waals surface area contributed by atoms with Gasteiger partial charge in [-0.25, -0.2) is 0 Å². The molecule has 2 aliphatic rings. The number of nitrogens with zero attached hydrogens (tertiary/aromatic N) is 2. The number of rotatable bonds is 7. The number of nitriles is 1. The molecular formula is C17H22N2O. The van der Waals surface area contributed by atoms with Crippen LogP contribution in [0.1, 0.15) is 36.8 Å². The number of hydrogen-bond donors (Lipinski definition) is 0. The van der Waals surface area contributed by atoms with E-state index >= 15 is 0 Å². The van der Waals surface area contributed by atoms with Crippen molar-refractivity contribution < 1.29 is 4.74 Å². The molecule has 0 aliphatic heterocycles. The second-order valence-corrected chi connectivity index (χ2v) is 6.23. The van der Waals surface area contributed by atoms with Crippen molar-refractivity contribution in [2.75, 3.05) is 20.2 Å². The van der Waals surface area contributed by atoms with E-state index in [0.29, 0.717) is 11.3 Å². The van der Waals surface area contributed by atoms with Crippen LogP contribution in [0.15, 0.2) is 18.2 Å². The molecule has 0 saturated heterocycles. The molecule has 20 heavy (non-hydrogen) atoms. The Bertz CT molecular complexity index is 498. The summed E-state index contributed by atoms with van der Waals surface area (Å²) < 4.78 is 5.21. The number of ether oxygens (including phenoxy) is 1. The van der Waals surface area contributed by atoms with E-state index in [0.717, 1.165) is 18.4 Å². The minimum Gasteiger partial charge on any atom is -0.495 e. The molecule has 2 aliphatic carbocycles. The van der Waals surface area contributed by atoms with E-state index in [-0.39, 0.29) is 0 Å². The van der Waals surface area contributed by atoms with Crippen LogP contribution in [-0.4, -0.2) is 25.1 Å². The highest BCUT2D eigenvalue weighted by atomic mass is 16.5. The summed E-state index contributed by atoms with van der Waals surface area (Å²) in [5, 5.41) is 9.18. The summed E-state index contributed by atoms with van der Waals surface area (Å²) in [6, 6.07) is 8.21. The third kappa shape index (κ3) is 3.52. The largest absolute Gasteiger partial charge is 0.495 e. The van der Waals surface area contributed by atoms with Gasteiger partial charge in [0, 0.05) is 19.6 Å². The molecule has 1 aromatic rings. The zero-order valence-corrected chi connectivity index (χ0v) is 12.1. The zero-order valence-electron chi connectivity index (χ0n) is 12.1. The molecule has 0 radical (unpaired) electrons. The molecule has 0 amide bonds. The maximum absolute atomic E-state index is 9.18. The van der Waals surface area contributed by atoms with E-state index in [2.05, 4.69) is 17.0 Å². The molecule has 3 heteroatoms. The monoisotopic (exact) mass is 270 g/mol. The first-order chi connectivity index (χ1) is 9.78. The minimum atomic E-state index is 0.641. The molecule has 0 aromatic heterocycles. The van der Waals surface area contributed by atoms with Gasteiger partial charge >= 0.3 is 0 Å². The summed E-state index contributed by atoms with van der Waals surface area (Å²) in [6.45, 7) is 3.42. The number of hydrogen-bond acceptors (Lipinski definition) is 3. The second-order valence-electron chi connectivity index (χ2n) is 6.23. The van der Waals surface area contributed by atoms with Crippen LogP contribution in [0.4, 0.5) is 0 Å². The molecule has 0 atom stereocenters. The van der Waals surface area contributed by atoms with Crippen molar-refractivity contribution in [1.29, 1.82) is 5.26 Å². The van der Waals surface area contributed by atoms with Crippen LogP contribution in [0.3, 0.4) is 0 Å². The molecule has 0 N–H and O–H groups in total. The van der Waals surface area contributed by atoms with Crippen LogP contribution in [0.2, 0.25) is 0 Å². The summed E-state index contributed by atoms with van der Waals surface area (Å²) in [6.07, 6.45) is 5.58. The number of methoxy groups -OCH3 is 1. The van der Waals surface area contributed by atoms with E-state index in [1.807, 2.05) is 12.1 Å². The van der Waals surface area contributed by atoms with Gasteiger partial charge in [-0.15, -0.1) is 0 Å². The maximum atomic E-state index is 9.18. The molecule has 0 spiro atoms. The summed E-state index contributed by atoms with van der Waals surface area (Å²) in [5.41, 5.74) is 1.87. The normalized spacial score (nSPS) is 18.1. The highest BCUT2D eigenvalue weighted by molar-refractivity contribution is 5.45. The fourth-order valence-corrected chi connectivity index (χ4v) is 2.73. The molecule has 0 unspecified atom stereocenters. The van der Waals surface area contributed by atoms with E-state index in [4.69, 9.17) is 4.74 Å². The van der Waals surface area contributed by atoms with Crippen molar-refractivity contribution in [2.24, 2.45) is 11.8 Å². The van der Waals surface area contributed by atoms with Gasteiger partial charge in [0.05, 0.1) is 12.7 Å². The van der Waals surface area contributed by atoms with Gasteiger partial charge < -0.3 is 4.74 Å². The van der Waals surface area contributed by atoms with Gasteiger partial charge in [-0.1, -0.05) is 6.07 Å². The summed E-state index contributed by atoms with van der Waals surface area (Å²) in [4.78, 5) is 2.58. The quantitative estimate of drug-likeness (QED) is 0.763. The Hall–Kier alpha value is -1.53. The maximum Gasteiger partial charge on any atom is 0.136 e. The Kier molecular flexibility index (Phi) is 3.93. The Morgan fingerprint density at radius 2 is 1.85 bits per heavy atom. The van der Waals surface area contributed by atoms with Crippen molar-refractivity contribution in [1.82, 2.24) is 4.90 Å². The van der Waals surface area contributed by atoms with Crippen molar-refractivity contribution >= 4 is 0 Å². The van der Waals surface area contributed by atoms with Crippen LogP contribution in [0.25, 0.3) is 0 Å². The van der Waals surface area contributed by atoms with Crippen LogP contribution < -0.4 is 4.74 Å². The average Bonchev–Trinajstić information content (AvgIpc) is 3.35. The third-order valence-electron chi connectivity index (χ3n) is 4.22. The van der Waals surface area contributed by atoms with E-state index in [1.165, 1.54) is 44.3 Å². The highest BCUT2D eigenvalue weighted by Crippen LogP contribution is 2.34. The Balaban J connectivity index is 1.68. The Morgan fingerprint density at radius 1 is 1.20 bits per heavy atom. The molecule has 2 saturated carbocycles. The minimum absolute atomic E-state index is 0.641. The zero-order chi connectivity index (χ0) is 13.9. The van der Waals surface area contributed by atoms with E-state index in [1.54, 1.807) is 7.11 Å². The fourth-order valence-electron chi connectivity index (χ4n) is 2.73. The first-order valence-electron chi connectivity index (χ1n) is 7.58. The number of benzene rings is 1. The van der Waals surface area contributed by atoms with Crippen molar-refractivity contribution in [3.8, 4) is 11.8 Å². The smallest absolute Gasteiger partial charge is 0.136 e. The predicted molar refractivity (Wildman–Crippen MR) is 78.4 cm³/mol. The van der Waals surface area contributed by atoms with Gasteiger partial charge in [-0.2, -0.15) is 5.26 Å². The lowest BCUT2D eigenvalue weighted by Gasteiger charge is -2.22. The van der Waals surface area contributed by atoms with Crippen molar-refractivity contribution in [3.05, 3.63) is 29.3 Å². The molecule has 106 valence electrons. The molecular weight excluding hydrogens is 248 g/mol. The van der Waals surface area contributed by atoms with Crippen molar-refractivity contribution in [2.45, 2.75) is 32.2 Å². The predicted octanol–water partition coefficient (Wildman–Crippen LogP) is 3.19. The molecule has 1 aromatic carbocycles. The Morgan fingerprint density at radius 3 is 2.35 bits per heavy atom. The lowest BCUT2D eigenvalue weighted by atomic mass is 10.1. The van der Waals surface area contributed by atoms with Gasteiger partial charge in [-0.3, -0.25) is 4.90 Å². The van der Waals surface area contributed by atoms with Crippen LogP contribution >= 0.6 is 0 Å². The van der Waals surface area contributed by atoms with E-state index < -0.39 is 0 Å². The molecule has 0 heterocycles. The molecule has 3 nitrogen and oxygen atoms in total. The fraction of sp³-hybridized carbons (Fsp3) is 0.588. The lowest BCUT2D eigenvalue weighted by molar-refractivity contribution is 0.244. The van der Waals surface area contributed by atoms with Gasteiger partial charge in [-0.05, 0) is 55.2 Å². The third-order valence-corrected chi connectivity index (χ3v) is 4.22. The summed E-state index contributed by atoms with van der Waals surface area (Å²) in [5.74, 6) is 2.51. The highest BCUT2D eigenvalue weighted by Gasteiger charge is 2.29. The second kappa shape index (κ2) is 5.85. The first-order valence-corrected chi connectivity index (χ1v) is 7.58. The lowest BCUT2D eigenvalue weighted by Crippen LogP contribution is -2.27. The molecule has 3 rings (SSSR count). The van der Waals surface area contributed by atoms with Gasteiger partial charge in [0.15, 0.2) is 0 Å². The van der Waals surface area contributed by atoms with Gasteiger partial charge in [0.2, 0.25) is 0 Å². The van der Waals surface area contributed by atoms with Crippen LogP contribution in [0, 0.1) is 23.2 Å². The topological polar surface area (TPSA) is 36.3 Å². The van der Waals surface area contributed by atoms with Crippen molar-refractivity contribution in [3.63, 3.8) is 0 Å². The van der Waals surface area contributed by atoms with E-state index in [9.17, 15) is 5.26 Å². The van der Waals surface area contributed by atoms with Crippen LogP contribution in [-0.2, 0) is 6.54 Å². The molecule has 2 fully saturated rings. The molecule has 0 bridgehead atoms. The average molecular weight is 270 g/mol. The Labute approximate surface area is 121 Å². The summed E-state index contributed by atoms with van der Waals surface area (Å²) in [7, 11) is 1.61. The summed E-state index contributed by atoms with van der Waals surface area (Å²) >= 11 is 0. The van der Waals surface area contributed by atoms with Gasteiger partial charge in [0.25, 0.3) is 0 Å².